The Morgan fingerprint density at radius 3 is 2.68 bits per heavy atom. The van der Waals surface area contributed by atoms with Gasteiger partial charge in [0.1, 0.15) is 10.0 Å². The van der Waals surface area contributed by atoms with Gasteiger partial charge in [-0.25, -0.2) is 12.8 Å². The number of thiophene rings is 1. The van der Waals surface area contributed by atoms with Crippen molar-refractivity contribution in [2.24, 2.45) is 0 Å². The van der Waals surface area contributed by atoms with Crippen LogP contribution in [0.4, 0.5) is 10.2 Å². The summed E-state index contributed by atoms with van der Waals surface area (Å²) in [4.78, 5) is 0. The standard InChI is InChI=1S/C14H9Br2ClFN3O2S2/c15-9-7-21(6-8-10(17)2-1-3-11(8)18)19-14(9)20-25(22,23)13-5-4-12(16)24-13/h1-5,7H,6H2,(H,19,20). The van der Waals surface area contributed by atoms with Crippen LogP contribution >= 0.6 is 54.8 Å². The molecule has 2 heterocycles. The molecular formula is C14H9Br2ClFN3O2S2. The summed E-state index contributed by atoms with van der Waals surface area (Å²) in [5.74, 6) is -0.346. The van der Waals surface area contributed by atoms with Gasteiger partial charge in [-0.15, -0.1) is 11.3 Å². The van der Waals surface area contributed by atoms with Crippen LogP contribution in [0.25, 0.3) is 0 Å². The van der Waals surface area contributed by atoms with Crippen LogP contribution in [0, 0.1) is 5.82 Å². The second-order valence-electron chi connectivity index (χ2n) is 4.89. The largest absolute Gasteiger partial charge is 0.272 e. The van der Waals surface area contributed by atoms with E-state index in [0.29, 0.717) is 8.26 Å². The molecule has 1 aromatic carbocycles. The van der Waals surface area contributed by atoms with Gasteiger partial charge in [0.15, 0.2) is 5.82 Å². The monoisotopic (exact) mass is 527 g/mol. The molecule has 25 heavy (non-hydrogen) atoms. The van der Waals surface area contributed by atoms with Crippen LogP contribution in [-0.2, 0) is 16.6 Å². The maximum Gasteiger partial charge on any atom is 0.272 e. The van der Waals surface area contributed by atoms with E-state index in [1.807, 2.05) is 0 Å². The average Bonchev–Trinajstić information content (AvgIpc) is 3.10. The summed E-state index contributed by atoms with van der Waals surface area (Å²) in [6.45, 7) is 0.0659. The van der Waals surface area contributed by atoms with Crippen molar-refractivity contribution in [3.8, 4) is 0 Å². The molecular weight excluding hydrogens is 521 g/mol. The summed E-state index contributed by atoms with van der Waals surface area (Å²) in [7, 11) is -3.76. The van der Waals surface area contributed by atoms with Gasteiger partial charge >= 0.3 is 0 Å². The highest BCUT2D eigenvalue weighted by Gasteiger charge is 2.20. The number of rotatable bonds is 5. The second kappa shape index (κ2) is 7.36. The van der Waals surface area contributed by atoms with Crippen molar-refractivity contribution in [3.05, 3.63) is 61.2 Å². The van der Waals surface area contributed by atoms with Gasteiger partial charge < -0.3 is 0 Å². The Labute approximate surface area is 169 Å². The minimum Gasteiger partial charge on any atom is -0.265 e. The highest BCUT2D eigenvalue weighted by atomic mass is 79.9. The molecule has 5 nitrogen and oxygen atoms in total. The lowest BCUT2D eigenvalue weighted by Gasteiger charge is -2.06. The van der Waals surface area contributed by atoms with Crippen molar-refractivity contribution >= 4 is 70.6 Å². The first-order chi connectivity index (χ1) is 11.8. The summed E-state index contributed by atoms with van der Waals surface area (Å²) < 4.78 is 43.7. The van der Waals surface area contributed by atoms with Crippen LogP contribution in [0.2, 0.25) is 5.02 Å². The molecule has 3 aromatic rings. The fourth-order valence-electron chi connectivity index (χ4n) is 2.01. The van der Waals surface area contributed by atoms with Gasteiger partial charge in [0.25, 0.3) is 10.0 Å². The van der Waals surface area contributed by atoms with Gasteiger partial charge in [0.2, 0.25) is 0 Å². The van der Waals surface area contributed by atoms with Crippen LogP contribution in [0.1, 0.15) is 5.56 Å². The van der Waals surface area contributed by atoms with E-state index >= 15 is 0 Å². The van der Waals surface area contributed by atoms with Crippen LogP contribution < -0.4 is 4.72 Å². The number of hydrogen-bond acceptors (Lipinski definition) is 4. The SMILES string of the molecule is O=S(=O)(Nc1nn(Cc2c(F)cccc2Cl)cc1Br)c1ccc(Br)s1. The van der Waals surface area contributed by atoms with E-state index in [0.717, 1.165) is 11.3 Å². The number of aromatic nitrogens is 2. The van der Waals surface area contributed by atoms with Crippen LogP contribution in [0.15, 0.2) is 49.0 Å². The molecule has 0 unspecified atom stereocenters. The number of sulfonamides is 1. The highest BCUT2D eigenvalue weighted by molar-refractivity contribution is 9.11. The minimum atomic E-state index is -3.76. The summed E-state index contributed by atoms with van der Waals surface area (Å²) in [5.41, 5.74) is 0.274. The Balaban J connectivity index is 1.86. The zero-order valence-corrected chi connectivity index (χ0v) is 17.8. The number of anilines is 1. The van der Waals surface area contributed by atoms with E-state index in [2.05, 4.69) is 41.7 Å². The van der Waals surface area contributed by atoms with Gasteiger partial charge in [-0.3, -0.25) is 9.40 Å². The first kappa shape index (κ1) is 18.8. The summed E-state index contributed by atoms with van der Waals surface area (Å²) in [6.07, 6.45) is 1.55. The molecule has 0 atom stereocenters. The van der Waals surface area contributed by atoms with Crippen molar-refractivity contribution in [2.75, 3.05) is 4.72 Å². The van der Waals surface area contributed by atoms with E-state index in [1.54, 1.807) is 18.3 Å². The Bertz CT molecular complexity index is 1020. The molecule has 0 radical (unpaired) electrons. The fourth-order valence-corrected chi connectivity index (χ4v) is 5.81. The van der Waals surface area contributed by atoms with E-state index in [4.69, 9.17) is 11.6 Å². The average molecular weight is 530 g/mol. The molecule has 0 amide bonds. The second-order valence-corrected chi connectivity index (χ2v) is 10.5. The Morgan fingerprint density at radius 1 is 1.28 bits per heavy atom. The van der Waals surface area contributed by atoms with Gasteiger partial charge in [0, 0.05) is 16.8 Å². The van der Waals surface area contributed by atoms with Gasteiger partial charge in [-0.05, 0) is 56.1 Å². The number of hydrogen-bond donors (Lipinski definition) is 1. The molecule has 0 saturated carbocycles. The molecule has 3 rings (SSSR count). The molecule has 0 aliphatic heterocycles. The summed E-state index contributed by atoms with van der Waals surface area (Å²) in [5, 5.41) is 4.43. The number of benzene rings is 1. The molecule has 0 saturated heterocycles. The molecule has 0 fully saturated rings. The van der Waals surface area contributed by atoms with Gasteiger partial charge in [0.05, 0.1) is 14.8 Å². The molecule has 0 aliphatic rings. The third-order valence-corrected chi connectivity index (χ3v) is 7.53. The molecule has 2 aromatic heterocycles. The van der Waals surface area contributed by atoms with Crippen LogP contribution in [-0.4, -0.2) is 18.2 Å². The normalized spacial score (nSPS) is 11.7. The topological polar surface area (TPSA) is 64.0 Å². The number of nitrogens with zero attached hydrogens (tertiary/aromatic N) is 2. The Kier molecular flexibility index (Phi) is 5.54. The Morgan fingerprint density at radius 2 is 2.04 bits per heavy atom. The van der Waals surface area contributed by atoms with Crippen molar-refractivity contribution in [3.63, 3.8) is 0 Å². The van der Waals surface area contributed by atoms with Crippen molar-refractivity contribution in [2.45, 2.75) is 10.8 Å². The van der Waals surface area contributed by atoms with Crippen molar-refractivity contribution < 1.29 is 12.8 Å². The smallest absolute Gasteiger partial charge is 0.265 e. The lowest BCUT2D eigenvalue weighted by molar-refractivity contribution is 0.585. The maximum atomic E-state index is 13.9. The maximum absolute atomic E-state index is 13.9. The third kappa shape index (κ3) is 4.25. The Hall–Kier alpha value is -0.940. The molecule has 132 valence electrons. The van der Waals surface area contributed by atoms with Crippen molar-refractivity contribution in [1.82, 2.24) is 9.78 Å². The third-order valence-electron chi connectivity index (χ3n) is 3.14. The number of nitrogens with one attached hydrogen (secondary N) is 1. The number of halogens is 4. The molecule has 1 N–H and O–H groups in total. The van der Waals surface area contributed by atoms with Gasteiger partial charge in [-0.1, -0.05) is 17.7 Å². The van der Waals surface area contributed by atoms with E-state index in [1.165, 1.54) is 22.9 Å². The summed E-state index contributed by atoms with van der Waals surface area (Å²) in [6, 6.07) is 7.53. The van der Waals surface area contributed by atoms with Gasteiger partial charge in [-0.2, -0.15) is 5.10 Å². The predicted molar refractivity (Wildman–Crippen MR) is 103 cm³/mol. The summed E-state index contributed by atoms with van der Waals surface area (Å²) >= 11 is 13.6. The molecule has 0 bridgehead atoms. The predicted octanol–water partition coefficient (Wildman–Crippen LogP) is 5.11. The molecule has 11 heteroatoms. The zero-order valence-electron chi connectivity index (χ0n) is 12.2. The van der Waals surface area contributed by atoms with Crippen LogP contribution in [0.3, 0.4) is 0 Å². The zero-order chi connectivity index (χ0) is 18.2. The minimum absolute atomic E-state index is 0.0659. The van der Waals surface area contributed by atoms with E-state index in [-0.39, 0.29) is 27.2 Å². The lowest BCUT2D eigenvalue weighted by atomic mass is 10.2. The van der Waals surface area contributed by atoms with E-state index in [9.17, 15) is 12.8 Å². The first-order valence-electron chi connectivity index (χ1n) is 6.70. The van der Waals surface area contributed by atoms with Crippen molar-refractivity contribution in [1.29, 1.82) is 0 Å². The lowest BCUT2D eigenvalue weighted by Crippen LogP contribution is -2.13. The van der Waals surface area contributed by atoms with Crippen LogP contribution in [0.5, 0.6) is 0 Å². The molecule has 0 spiro atoms. The van der Waals surface area contributed by atoms with E-state index < -0.39 is 15.8 Å². The molecule has 0 aliphatic carbocycles. The quantitative estimate of drug-likeness (QED) is 0.500. The fraction of sp³-hybridized carbons (Fsp3) is 0.0714. The highest BCUT2D eigenvalue weighted by Crippen LogP contribution is 2.30. The first-order valence-corrected chi connectivity index (χ1v) is 11.0.